The lowest BCUT2D eigenvalue weighted by molar-refractivity contribution is 0.185. The van der Waals surface area contributed by atoms with Gasteiger partial charge in [0.25, 0.3) is 10.0 Å². The number of benzene rings is 2. The Morgan fingerprint density at radius 3 is 2.29 bits per heavy atom. The van der Waals surface area contributed by atoms with Crippen LogP contribution in [-0.2, 0) is 16.6 Å². The molecule has 0 atom stereocenters. The van der Waals surface area contributed by atoms with E-state index in [4.69, 9.17) is 4.74 Å². The van der Waals surface area contributed by atoms with Gasteiger partial charge in [-0.05, 0) is 86.7 Å². The van der Waals surface area contributed by atoms with Crippen molar-refractivity contribution in [3.8, 4) is 5.75 Å². The van der Waals surface area contributed by atoms with Gasteiger partial charge in [0.1, 0.15) is 10.6 Å². The fourth-order valence-corrected chi connectivity index (χ4v) is 4.79. The van der Waals surface area contributed by atoms with Gasteiger partial charge in [-0.25, -0.2) is 8.42 Å². The number of hydrogen-bond donors (Lipinski definition) is 1. The number of sulfonamides is 1. The monoisotopic (exact) mass is 402 g/mol. The van der Waals surface area contributed by atoms with Gasteiger partial charge in [-0.15, -0.1) is 0 Å². The maximum Gasteiger partial charge on any atom is 0.265 e. The van der Waals surface area contributed by atoms with Gasteiger partial charge in [-0.3, -0.25) is 9.62 Å². The standard InChI is InChI=1S/C22H30N2O3S/c1-16-9-11-24(12-10-16)15-19-5-7-20(8-6-19)23-28(25,26)22-14-18(3)17(2)13-21(22)27-4/h5-8,13-14,16,23H,9-12,15H2,1-4H3. The third-order valence-electron chi connectivity index (χ3n) is 5.56. The summed E-state index contributed by atoms with van der Waals surface area (Å²) >= 11 is 0. The quantitative estimate of drug-likeness (QED) is 0.781. The lowest BCUT2D eigenvalue weighted by Gasteiger charge is -2.30. The number of nitrogens with zero attached hydrogens (tertiary/aromatic N) is 1. The van der Waals surface area contributed by atoms with Gasteiger partial charge in [0.15, 0.2) is 0 Å². The van der Waals surface area contributed by atoms with Gasteiger partial charge >= 0.3 is 0 Å². The molecule has 2 aromatic carbocycles. The molecule has 0 aromatic heterocycles. The minimum Gasteiger partial charge on any atom is -0.495 e. The van der Waals surface area contributed by atoms with E-state index in [0.717, 1.165) is 36.7 Å². The summed E-state index contributed by atoms with van der Waals surface area (Å²) in [5.74, 6) is 1.17. The minimum absolute atomic E-state index is 0.157. The van der Waals surface area contributed by atoms with Crippen LogP contribution in [0.3, 0.4) is 0 Å². The largest absolute Gasteiger partial charge is 0.495 e. The molecule has 0 radical (unpaired) electrons. The van der Waals surface area contributed by atoms with Gasteiger partial charge in [0.2, 0.25) is 0 Å². The van der Waals surface area contributed by atoms with E-state index in [9.17, 15) is 8.42 Å². The van der Waals surface area contributed by atoms with Crippen LogP contribution < -0.4 is 9.46 Å². The molecule has 2 aromatic rings. The fourth-order valence-electron chi connectivity index (χ4n) is 3.50. The Hall–Kier alpha value is -2.05. The highest BCUT2D eigenvalue weighted by atomic mass is 32.2. The Bertz CT molecular complexity index is 916. The molecule has 1 fully saturated rings. The number of ether oxygens (including phenoxy) is 1. The summed E-state index contributed by atoms with van der Waals surface area (Å²) in [5, 5.41) is 0. The number of methoxy groups -OCH3 is 1. The second-order valence-corrected chi connectivity index (χ2v) is 9.50. The molecule has 1 aliphatic heterocycles. The predicted molar refractivity (Wildman–Crippen MR) is 113 cm³/mol. The van der Waals surface area contributed by atoms with Gasteiger partial charge in [0, 0.05) is 12.2 Å². The average molecular weight is 403 g/mol. The number of piperidine rings is 1. The van der Waals surface area contributed by atoms with Crippen molar-refractivity contribution in [3.05, 3.63) is 53.1 Å². The van der Waals surface area contributed by atoms with Crippen molar-refractivity contribution >= 4 is 15.7 Å². The molecule has 0 unspecified atom stereocenters. The van der Waals surface area contributed by atoms with Gasteiger partial charge in [-0.1, -0.05) is 19.1 Å². The first-order valence-corrected chi connectivity index (χ1v) is 11.3. The van der Waals surface area contributed by atoms with Crippen LogP contribution in [0.4, 0.5) is 5.69 Å². The Balaban J connectivity index is 1.72. The van der Waals surface area contributed by atoms with Crippen LogP contribution in [0.1, 0.15) is 36.5 Å². The highest BCUT2D eigenvalue weighted by Crippen LogP contribution is 2.29. The first kappa shape index (κ1) is 20.7. The van der Waals surface area contributed by atoms with Crippen LogP contribution in [0.25, 0.3) is 0 Å². The molecule has 1 aliphatic rings. The molecule has 0 spiro atoms. The average Bonchev–Trinajstić information content (AvgIpc) is 2.66. The van der Waals surface area contributed by atoms with Crippen molar-refractivity contribution in [2.45, 2.75) is 45.1 Å². The van der Waals surface area contributed by atoms with Crippen molar-refractivity contribution in [3.63, 3.8) is 0 Å². The van der Waals surface area contributed by atoms with Crippen molar-refractivity contribution < 1.29 is 13.2 Å². The normalized spacial score (nSPS) is 16.1. The van der Waals surface area contributed by atoms with Crippen LogP contribution in [0.15, 0.2) is 41.3 Å². The zero-order valence-corrected chi connectivity index (χ0v) is 18.0. The number of aryl methyl sites for hydroxylation is 2. The van der Waals surface area contributed by atoms with Crippen molar-refractivity contribution in [2.75, 3.05) is 24.9 Å². The smallest absolute Gasteiger partial charge is 0.265 e. The van der Waals surface area contributed by atoms with Crippen molar-refractivity contribution in [1.82, 2.24) is 4.90 Å². The second kappa shape index (κ2) is 8.53. The van der Waals surface area contributed by atoms with Crippen molar-refractivity contribution in [1.29, 1.82) is 0 Å². The SMILES string of the molecule is COc1cc(C)c(C)cc1S(=O)(=O)Nc1ccc(CN2CCC(C)CC2)cc1. The Kier molecular flexibility index (Phi) is 6.30. The Labute approximate surface area is 168 Å². The van der Waals surface area contributed by atoms with E-state index < -0.39 is 10.0 Å². The predicted octanol–water partition coefficient (Wildman–Crippen LogP) is 4.34. The molecule has 28 heavy (non-hydrogen) atoms. The van der Waals surface area contributed by atoms with E-state index in [1.54, 1.807) is 12.1 Å². The summed E-state index contributed by atoms with van der Waals surface area (Å²) in [5.41, 5.74) is 3.65. The second-order valence-electron chi connectivity index (χ2n) is 7.85. The first-order chi connectivity index (χ1) is 13.3. The fraction of sp³-hybridized carbons (Fsp3) is 0.455. The van der Waals surface area contributed by atoms with Crippen LogP contribution in [0.5, 0.6) is 5.75 Å². The summed E-state index contributed by atoms with van der Waals surface area (Å²) in [7, 11) is -2.24. The van der Waals surface area contributed by atoms with E-state index >= 15 is 0 Å². The van der Waals surface area contributed by atoms with Crippen LogP contribution in [0, 0.1) is 19.8 Å². The maximum atomic E-state index is 12.9. The van der Waals surface area contributed by atoms with E-state index in [1.165, 1.54) is 25.5 Å². The van der Waals surface area contributed by atoms with Crippen LogP contribution in [-0.4, -0.2) is 33.5 Å². The number of nitrogens with one attached hydrogen (secondary N) is 1. The highest BCUT2D eigenvalue weighted by Gasteiger charge is 2.21. The van der Waals surface area contributed by atoms with Crippen LogP contribution >= 0.6 is 0 Å². The summed E-state index contributed by atoms with van der Waals surface area (Å²) in [4.78, 5) is 2.61. The molecule has 1 saturated heterocycles. The summed E-state index contributed by atoms with van der Waals surface area (Å²) in [6, 6.07) is 11.1. The van der Waals surface area contributed by atoms with Gasteiger partial charge in [0.05, 0.1) is 7.11 Å². The molecule has 0 aliphatic carbocycles. The Morgan fingerprint density at radius 2 is 1.68 bits per heavy atom. The summed E-state index contributed by atoms with van der Waals surface area (Å²) < 4.78 is 33.7. The molecule has 5 nitrogen and oxygen atoms in total. The zero-order chi connectivity index (χ0) is 20.3. The molecule has 152 valence electrons. The number of hydrogen-bond acceptors (Lipinski definition) is 4. The molecule has 0 amide bonds. The third-order valence-corrected chi connectivity index (χ3v) is 6.96. The third kappa shape index (κ3) is 4.86. The molecule has 0 saturated carbocycles. The molecule has 6 heteroatoms. The lowest BCUT2D eigenvalue weighted by Crippen LogP contribution is -2.32. The lowest BCUT2D eigenvalue weighted by atomic mass is 9.99. The van der Waals surface area contributed by atoms with Crippen molar-refractivity contribution in [2.24, 2.45) is 5.92 Å². The molecule has 0 bridgehead atoms. The summed E-state index contributed by atoms with van der Waals surface area (Å²) in [6.07, 6.45) is 2.49. The van der Waals surface area contributed by atoms with Gasteiger partial charge in [-0.2, -0.15) is 0 Å². The topological polar surface area (TPSA) is 58.6 Å². The van der Waals surface area contributed by atoms with Crippen LogP contribution in [0.2, 0.25) is 0 Å². The molecular formula is C22H30N2O3S. The van der Waals surface area contributed by atoms with E-state index in [1.807, 2.05) is 38.1 Å². The summed E-state index contributed by atoms with van der Waals surface area (Å²) in [6.45, 7) is 9.30. The number of anilines is 1. The van der Waals surface area contributed by atoms with E-state index in [2.05, 4.69) is 16.5 Å². The van der Waals surface area contributed by atoms with E-state index in [0.29, 0.717) is 11.4 Å². The number of likely N-dealkylation sites (tertiary alicyclic amines) is 1. The maximum absolute atomic E-state index is 12.9. The highest BCUT2D eigenvalue weighted by molar-refractivity contribution is 7.92. The number of rotatable bonds is 6. The molecular weight excluding hydrogens is 372 g/mol. The molecule has 3 rings (SSSR count). The van der Waals surface area contributed by atoms with Gasteiger partial charge < -0.3 is 4.74 Å². The van der Waals surface area contributed by atoms with E-state index in [-0.39, 0.29) is 4.90 Å². The Morgan fingerprint density at radius 1 is 1.07 bits per heavy atom. The minimum atomic E-state index is -3.73. The zero-order valence-electron chi connectivity index (χ0n) is 17.2. The first-order valence-electron chi connectivity index (χ1n) is 9.78. The molecule has 1 heterocycles. The molecule has 1 N–H and O–H groups in total.